The molecule has 19 heavy (non-hydrogen) atoms. The number of pyridine rings is 1. The van der Waals surface area contributed by atoms with Gasteiger partial charge in [0.05, 0.1) is 24.4 Å². The fourth-order valence-corrected chi connectivity index (χ4v) is 2.07. The van der Waals surface area contributed by atoms with E-state index in [9.17, 15) is 4.79 Å². The number of morpholine rings is 1. The average molecular weight is 286 g/mol. The second-order valence-electron chi connectivity index (χ2n) is 4.69. The molecular formula is C13H20ClN3O2. The molecule has 0 bridgehead atoms. The quantitative estimate of drug-likeness (QED) is 0.887. The third kappa shape index (κ3) is 3.65. The molecule has 5 nitrogen and oxygen atoms in total. The lowest BCUT2D eigenvalue weighted by atomic mass is 10.1. The summed E-state index contributed by atoms with van der Waals surface area (Å²) < 4.78 is 5.53. The maximum atomic E-state index is 12.4. The standard InChI is InChI=1S/C13H19N3O2.ClH/c1-9-8-18-10(2)7-16(9)13(17)11-3-4-15-12(5-11)6-14;/h3-5,9-10H,6-8,14H2,1-2H3;1H. The van der Waals surface area contributed by atoms with Crippen LogP contribution in [0.4, 0.5) is 0 Å². The van der Waals surface area contributed by atoms with E-state index in [0.717, 1.165) is 5.69 Å². The van der Waals surface area contributed by atoms with Gasteiger partial charge in [0.15, 0.2) is 0 Å². The Labute approximate surface area is 119 Å². The first-order valence-corrected chi connectivity index (χ1v) is 6.19. The van der Waals surface area contributed by atoms with Crippen molar-refractivity contribution in [1.82, 2.24) is 9.88 Å². The molecule has 2 unspecified atom stereocenters. The molecule has 2 atom stereocenters. The summed E-state index contributed by atoms with van der Waals surface area (Å²) >= 11 is 0. The van der Waals surface area contributed by atoms with Crippen LogP contribution in [0, 0.1) is 0 Å². The molecule has 0 spiro atoms. The van der Waals surface area contributed by atoms with Gasteiger partial charge in [0, 0.05) is 24.8 Å². The highest BCUT2D eigenvalue weighted by atomic mass is 35.5. The normalized spacial score (nSPS) is 22.8. The predicted molar refractivity (Wildman–Crippen MR) is 75.3 cm³/mol. The first-order valence-electron chi connectivity index (χ1n) is 6.19. The minimum atomic E-state index is 0. The van der Waals surface area contributed by atoms with Gasteiger partial charge in [-0.2, -0.15) is 0 Å². The number of halogens is 1. The van der Waals surface area contributed by atoms with Crippen LogP contribution in [0.1, 0.15) is 29.9 Å². The summed E-state index contributed by atoms with van der Waals surface area (Å²) in [6.07, 6.45) is 1.71. The van der Waals surface area contributed by atoms with E-state index in [1.165, 1.54) is 0 Å². The smallest absolute Gasteiger partial charge is 0.254 e. The Hall–Kier alpha value is -1.17. The number of carbonyl (C=O) groups is 1. The topological polar surface area (TPSA) is 68.5 Å². The van der Waals surface area contributed by atoms with Crippen LogP contribution in [0.2, 0.25) is 0 Å². The zero-order valence-corrected chi connectivity index (χ0v) is 12.0. The molecule has 1 aliphatic rings. The van der Waals surface area contributed by atoms with Gasteiger partial charge in [-0.15, -0.1) is 12.4 Å². The van der Waals surface area contributed by atoms with Crippen molar-refractivity contribution >= 4 is 18.3 Å². The van der Waals surface area contributed by atoms with Gasteiger partial charge in [-0.1, -0.05) is 0 Å². The molecular weight excluding hydrogens is 266 g/mol. The molecule has 0 radical (unpaired) electrons. The van der Waals surface area contributed by atoms with Gasteiger partial charge in [-0.25, -0.2) is 0 Å². The summed E-state index contributed by atoms with van der Waals surface area (Å²) in [7, 11) is 0. The highest BCUT2D eigenvalue weighted by Gasteiger charge is 2.28. The minimum Gasteiger partial charge on any atom is -0.375 e. The van der Waals surface area contributed by atoms with Crippen LogP contribution < -0.4 is 5.73 Å². The number of aromatic nitrogens is 1. The molecule has 0 aromatic carbocycles. The number of carbonyl (C=O) groups excluding carboxylic acids is 1. The lowest BCUT2D eigenvalue weighted by Gasteiger charge is -2.36. The summed E-state index contributed by atoms with van der Waals surface area (Å²) in [5.74, 6) is 0.0229. The molecule has 2 N–H and O–H groups in total. The molecule has 0 saturated carbocycles. The summed E-state index contributed by atoms with van der Waals surface area (Å²) in [4.78, 5) is 18.4. The lowest BCUT2D eigenvalue weighted by molar-refractivity contribution is -0.0387. The third-order valence-electron chi connectivity index (χ3n) is 3.14. The van der Waals surface area contributed by atoms with Crippen molar-refractivity contribution in [3.05, 3.63) is 29.6 Å². The Morgan fingerprint density at radius 1 is 1.58 bits per heavy atom. The van der Waals surface area contributed by atoms with Gasteiger partial charge < -0.3 is 15.4 Å². The number of ether oxygens (including phenoxy) is 1. The second kappa shape index (κ2) is 6.84. The van der Waals surface area contributed by atoms with Crippen LogP contribution >= 0.6 is 12.4 Å². The SMILES string of the molecule is CC1CN(C(=O)c2ccnc(CN)c2)C(C)CO1.Cl. The highest BCUT2D eigenvalue weighted by molar-refractivity contribution is 5.94. The largest absolute Gasteiger partial charge is 0.375 e. The number of amides is 1. The fraction of sp³-hybridized carbons (Fsp3) is 0.538. The number of hydrogen-bond acceptors (Lipinski definition) is 4. The Kier molecular flexibility index (Phi) is 5.72. The van der Waals surface area contributed by atoms with E-state index in [2.05, 4.69) is 4.98 Å². The second-order valence-corrected chi connectivity index (χ2v) is 4.69. The summed E-state index contributed by atoms with van der Waals surface area (Å²) in [5, 5.41) is 0. The molecule has 6 heteroatoms. The number of hydrogen-bond donors (Lipinski definition) is 1. The predicted octanol–water partition coefficient (Wildman–Crippen LogP) is 1.21. The van der Waals surface area contributed by atoms with E-state index in [-0.39, 0.29) is 30.5 Å². The Morgan fingerprint density at radius 2 is 2.32 bits per heavy atom. The van der Waals surface area contributed by atoms with Crippen molar-refractivity contribution in [2.24, 2.45) is 5.73 Å². The first kappa shape index (κ1) is 15.9. The molecule has 1 amide bonds. The van der Waals surface area contributed by atoms with Crippen molar-refractivity contribution in [3.63, 3.8) is 0 Å². The van der Waals surface area contributed by atoms with Crippen molar-refractivity contribution in [1.29, 1.82) is 0 Å². The van der Waals surface area contributed by atoms with Crippen LogP contribution in [0.3, 0.4) is 0 Å². The zero-order chi connectivity index (χ0) is 13.1. The van der Waals surface area contributed by atoms with Gasteiger partial charge in [0.2, 0.25) is 0 Å². The van der Waals surface area contributed by atoms with Crippen LogP contribution in [0.5, 0.6) is 0 Å². The zero-order valence-electron chi connectivity index (χ0n) is 11.2. The fourth-order valence-electron chi connectivity index (χ4n) is 2.07. The molecule has 1 aromatic heterocycles. The summed E-state index contributed by atoms with van der Waals surface area (Å²) in [6.45, 7) is 5.52. The van der Waals surface area contributed by atoms with Gasteiger partial charge >= 0.3 is 0 Å². The first-order chi connectivity index (χ1) is 8.61. The van der Waals surface area contributed by atoms with Crippen molar-refractivity contribution in [2.45, 2.75) is 32.5 Å². The summed E-state index contributed by atoms with van der Waals surface area (Å²) in [5.41, 5.74) is 6.92. The van der Waals surface area contributed by atoms with Gasteiger partial charge in [-0.05, 0) is 26.0 Å². The molecule has 106 valence electrons. The van der Waals surface area contributed by atoms with E-state index < -0.39 is 0 Å². The Balaban J connectivity index is 0.00000180. The molecule has 2 heterocycles. The maximum absolute atomic E-state index is 12.4. The molecule has 1 fully saturated rings. The molecule has 0 aliphatic carbocycles. The Bertz CT molecular complexity index is 442. The van der Waals surface area contributed by atoms with Crippen LogP contribution in [0.25, 0.3) is 0 Å². The third-order valence-corrected chi connectivity index (χ3v) is 3.14. The number of nitrogens with zero attached hydrogens (tertiary/aromatic N) is 2. The van der Waals surface area contributed by atoms with Crippen LogP contribution in [-0.2, 0) is 11.3 Å². The maximum Gasteiger partial charge on any atom is 0.254 e. The monoisotopic (exact) mass is 285 g/mol. The van der Waals surface area contributed by atoms with E-state index in [1.807, 2.05) is 18.7 Å². The van der Waals surface area contributed by atoms with E-state index in [1.54, 1.807) is 18.3 Å². The highest BCUT2D eigenvalue weighted by Crippen LogP contribution is 2.15. The van der Waals surface area contributed by atoms with Crippen molar-refractivity contribution < 1.29 is 9.53 Å². The Morgan fingerprint density at radius 3 is 3.00 bits per heavy atom. The van der Waals surface area contributed by atoms with Gasteiger partial charge in [-0.3, -0.25) is 9.78 Å². The van der Waals surface area contributed by atoms with Crippen molar-refractivity contribution in [3.8, 4) is 0 Å². The van der Waals surface area contributed by atoms with Gasteiger partial charge in [0.25, 0.3) is 5.91 Å². The van der Waals surface area contributed by atoms with E-state index >= 15 is 0 Å². The van der Waals surface area contributed by atoms with E-state index in [0.29, 0.717) is 25.3 Å². The lowest BCUT2D eigenvalue weighted by Crippen LogP contribution is -2.50. The van der Waals surface area contributed by atoms with Gasteiger partial charge in [0.1, 0.15) is 0 Å². The number of nitrogens with two attached hydrogens (primary N) is 1. The molecule has 1 aromatic rings. The summed E-state index contributed by atoms with van der Waals surface area (Å²) in [6, 6.07) is 3.59. The molecule has 1 aliphatic heterocycles. The average Bonchev–Trinajstić information content (AvgIpc) is 2.41. The van der Waals surface area contributed by atoms with Crippen molar-refractivity contribution in [2.75, 3.05) is 13.2 Å². The minimum absolute atomic E-state index is 0. The van der Waals surface area contributed by atoms with E-state index in [4.69, 9.17) is 10.5 Å². The number of rotatable bonds is 2. The molecule has 1 saturated heterocycles. The van der Waals surface area contributed by atoms with Crippen LogP contribution in [0.15, 0.2) is 18.3 Å². The van der Waals surface area contributed by atoms with Crippen LogP contribution in [-0.4, -0.2) is 41.1 Å². The molecule has 2 rings (SSSR count).